The third-order valence-corrected chi connectivity index (χ3v) is 5.37. The van der Waals surface area contributed by atoms with E-state index in [0.29, 0.717) is 24.3 Å². The number of likely N-dealkylation sites (tertiary alicyclic amines) is 1. The lowest BCUT2D eigenvalue weighted by atomic mass is 9.96. The van der Waals surface area contributed by atoms with Crippen molar-refractivity contribution in [2.24, 2.45) is 7.05 Å². The van der Waals surface area contributed by atoms with E-state index in [-0.39, 0.29) is 23.1 Å². The zero-order chi connectivity index (χ0) is 19.1. The third-order valence-electron chi connectivity index (χ3n) is 5.37. The van der Waals surface area contributed by atoms with Crippen molar-refractivity contribution >= 4 is 16.9 Å². The summed E-state index contributed by atoms with van der Waals surface area (Å²) in [5, 5.41) is 0. The molecule has 1 aliphatic rings. The van der Waals surface area contributed by atoms with Crippen LogP contribution < -0.4 is 5.43 Å². The summed E-state index contributed by atoms with van der Waals surface area (Å²) in [6.07, 6.45) is 1.54. The number of nitrogens with zero attached hydrogens (tertiary/aromatic N) is 3. The summed E-state index contributed by atoms with van der Waals surface area (Å²) in [7, 11) is 1.79. The number of H-pyrrole nitrogens is 1. The Morgan fingerprint density at radius 2 is 1.96 bits per heavy atom. The van der Waals surface area contributed by atoms with Crippen molar-refractivity contribution in [3.05, 3.63) is 63.6 Å². The zero-order valence-corrected chi connectivity index (χ0v) is 15.3. The molecule has 140 valence electrons. The van der Waals surface area contributed by atoms with Crippen LogP contribution in [-0.4, -0.2) is 38.4 Å². The summed E-state index contributed by atoms with van der Waals surface area (Å²) in [4.78, 5) is 34.2. The van der Waals surface area contributed by atoms with Gasteiger partial charge in [0.15, 0.2) is 5.43 Å². The smallest absolute Gasteiger partial charge is 0.270 e. The Kier molecular flexibility index (Phi) is 4.30. The molecule has 0 aliphatic carbocycles. The summed E-state index contributed by atoms with van der Waals surface area (Å²) in [6.45, 7) is 3.00. The van der Waals surface area contributed by atoms with E-state index in [9.17, 15) is 14.0 Å². The number of hydrogen-bond acceptors (Lipinski definition) is 3. The van der Waals surface area contributed by atoms with Gasteiger partial charge in [-0.15, -0.1) is 0 Å². The number of pyridine rings is 1. The van der Waals surface area contributed by atoms with E-state index < -0.39 is 0 Å². The van der Waals surface area contributed by atoms with Gasteiger partial charge in [0.1, 0.15) is 17.3 Å². The fraction of sp³-hybridized carbons (Fsp3) is 0.350. The van der Waals surface area contributed by atoms with Crippen LogP contribution in [0.5, 0.6) is 0 Å². The predicted molar refractivity (Wildman–Crippen MR) is 100 cm³/mol. The highest BCUT2D eigenvalue weighted by molar-refractivity contribution is 5.92. The van der Waals surface area contributed by atoms with Crippen molar-refractivity contribution in [3.8, 4) is 0 Å². The molecule has 1 saturated heterocycles. The Balaban J connectivity index is 1.50. The second-order valence-electron chi connectivity index (χ2n) is 7.13. The largest absolute Gasteiger partial charge is 0.344 e. The first-order chi connectivity index (χ1) is 12.9. The van der Waals surface area contributed by atoms with E-state index in [1.54, 1.807) is 22.6 Å². The number of fused-ring (bicyclic) bond motifs is 1. The predicted octanol–water partition coefficient (Wildman–Crippen LogP) is 2.73. The van der Waals surface area contributed by atoms with Crippen LogP contribution in [-0.2, 0) is 7.05 Å². The summed E-state index contributed by atoms with van der Waals surface area (Å²) >= 11 is 0. The van der Waals surface area contributed by atoms with Crippen molar-refractivity contribution < 1.29 is 9.18 Å². The maximum Gasteiger partial charge on any atom is 0.270 e. The highest BCUT2D eigenvalue weighted by Gasteiger charge is 2.27. The van der Waals surface area contributed by atoms with Gasteiger partial charge in [0.25, 0.3) is 5.91 Å². The van der Waals surface area contributed by atoms with E-state index in [2.05, 4.69) is 9.97 Å². The molecule has 1 amide bonds. The Labute approximate surface area is 155 Å². The lowest BCUT2D eigenvalue weighted by Crippen LogP contribution is -2.39. The molecule has 6 nitrogen and oxygen atoms in total. The number of aryl methyl sites for hydroxylation is 1. The molecule has 2 aromatic heterocycles. The van der Waals surface area contributed by atoms with E-state index in [4.69, 9.17) is 0 Å². The molecule has 0 unspecified atom stereocenters. The van der Waals surface area contributed by atoms with Gasteiger partial charge in [-0.3, -0.25) is 9.59 Å². The van der Waals surface area contributed by atoms with Gasteiger partial charge in [-0.1, -0.05) is 0 Å². The first-order valence-electron chi connectivity index (χ1n) is 9.04. The molecule has 1 aromatic carbocycles. The van der Waals surface area contributed by atoms with Gasteiger partial charge in [0, 0.05) is 43.9 Å². The Morgan fingerprint density at radius 3 is 2.70 bits per heavy atom. The fourth-order valence-electron chi connectivity index (χ4n) is 3.68. The van der Waals surface area contributed by atoms with E-state index in [1.807, 2.05) is 6.92 Å². The standard InChI is InChI=1S/C20H21FN4O2/c1-12-9-15(26)11-18(24(12)2)20(27)25-7-5-13(6-8-25)19-22-16-4-3-14(21)10-17(16)23-19/h3-4,9-11,13H,5-8H2,1-2H3,(H,22,23). The van der Waals surface area contributed by atoms with E-state index in [1.165, 1.54) is 24.3 Å². The van der Waals surface area contributed by atoms with Gasteiger partial charge < -0.3 is 14.5 Å². The van der Waals surface area contributed by atoms with Crippen LogP contribution in [0.4, 0.5) is 4.39 Å². The number of aromatic nitrogens is 3. The van der Waals surface area contributed by atoms with Crippen molar-refractivity contribution in [2.45, 2.75) is 25.7 Å². The highest BCUT2D eigenvalue weighted by atomic mass is 19.1. The number of halogens is 1. The topological polar surface area (TPSA) is 71.0 Å². The normalized spacial score (nSPS) is 15.4. The molecule has 0 saturated carbocycles. The molecular weight excluding hydrogens is 347 g/mol. The number of benzene rings is 1. The van der Waals surface area contributed by atoms with Crippen molar-refractivity contribution in [3.63, 3.8) is 0 Å². The van der Waals surface area contributed by atoms with Crippen molar-refractivity contribution in [2.75, 3.05) is 13.1 Å². The second-order valence-corrected chi connectivity index (χ2v) is 7.13. The molecule has 4 rings (SSSR count). The lowest BCUT2D eigenvalue weighted by Gasteiger charge is -2.31. The van der Waals surface area contributed by atoms with Gasteiger partial charge in [-0.25, -0.2) is 9.37 Å². The summed E-state index contributed by atoms with van der Waals surface area (Å²) in [5.74, 6) is 0.627. The minimum Gasteiger partial charge on any atom is -0.344 e. The van der Waals surface area contributed by atoms with Crippen LogP contribution in [0.15, 0.2) is 35.1 Å². The van der Waals surface area contributed by atoms with E-state index in [0.717, 1.165) is 29.9 Å². The van der Waals surface area contributed by atoms with Gasteiger partial charge in [-0.05, 0) is 38.0 Å². The van der Waals surface area contributed by atoms with E-state index >= 15 is 0 Å². The molecule has 0 spiro atoms. The SMILES string of the molecule is Cc1cc(=O)cc(C(=O)N2CCC(c3nc4ccc(F)cc4[nH]3)CC2)n1C. The van der Waals surface area contributed by atoms with Gasteiger partial charge in [0.2, 0.25) is 0 Å². The number of hydrogen-bond donors (Lipinski definition) is 1. The molecule has 1 aliphatic heterocycles. The van der Waals surface area contributed by atoms with Gasteiger partial charge in [-0.2, -0.15) is 0 Å². The number of piperidine rings is 1. The molecule has 1 N–H and O–H groups in total. The summed E-state index contributed by atoms with van der Waals surface area (Å²) < 4.78 is 15.1. The van der Waals surface area contributed by atoms with Crippen LogP contribution in [0.25, 0.3) is 11.0 Å². The first-order valence-corrected chi connectivity index (χ1v) is 9.04. The van der Waals surface area contributed by atoms with Gasteiger partial charge >= 0.3 is 0 Å². The molecule has 7 heteroatoms. The lowest BCUT2D eigenvalue weighted by molar-refractivity contribution is 0.0700. The molecule has 1 fully saturated rings. The van der Waals surface area contributed by atoms with Crippen LogP contribution in [0.2, 0.25) is 0 Å². The molecule has 0 atom stereocenters. The maximum absolute atomic E-state index is 13.4. The minimum absolute atomic E-state index is 0.122. The minimum atomic E-state index is -0.290. The Hall–Kier alpha value is -2.96. The Bertz CT molecular complexity index is 1080. The Morgan fingerprint density at radius 1 is 1.22 bits per heavy atom. The average molecular weight is 368 g/mol. The number of carbonyl (C=O) groups is 1. The third kappa shape index (κ3) is 3.25. The monoisotopic (exact) mass is 368 g/mol. The molecular formula is C20H21FN4O2. The maximum atomic E-state index is 13.4. The average Bonchev–Trinajstić information content (AvgIpc) is 3.07. The van der Waals surface area contributed by atoms with Crippen LogP contribution in [0.1, 0.15) is 40.8 Å². The number of amides is 1. The number of aromatic amines is 1. The van der Waals surface area contributed by atoms with Crippen molar-refractivity contribution in [1.29, 1.82) is 0 Å². The van der Waals surface area contributed by atoms with Crippen LogP contribution >= 0.6 is 0 Å². The number of carbonyl (C=O) groups excluding carboxylic acids is 1. The fourth-order valence-corrected chi connectivity index (χ4v) is 3.68. The van der Waals surface area contributed by atoms with Gasteiger partial charge in [0.05, 0.1) is 11.0 Å². The molecule has 0 radical (unpaired) electrons. The number of rotatable bonds is 2. The van der Waals surface area contributed by atoms with Crippen molar-refractivity contribution in [1.82, 2.24) is 19.4 Å². The molecule has 27 heavy (non-hydrogen) atoms. The zero-order valence-electron chi connectivity index (χ0n) is 15.3. The highest BCUT2D eigenvalue weighted by Crippen LogP contribution is 2.28. The summed E-state index contributed by atoms with van der Waals surface area (Å²) in [6, 6.07) is 7.44. The second kappa shape index (κ2) is 6.64. The molecule has 3 aromatic rings. The first kappa shape index (κ1) is 17.5. The van der Waals surface area contributed by atoms with Crippen LogP contribution in [0.3, 0.4) is 0 Å². The number of imidazole rings is 1. The quantitative estimate of drug-likeness (QED) is 0.756. The molecule has 0 bridgehead atoms. The number of nitrogens with one attached hydrogen (secondary N) is 1. The summed E-state index contributed by atoms with van der Waals surface area (Å²) in [5.41, 5.74) is 2.46. The molecule has 3 heterocycles. The van der Waals surface area contributed by atoms with Crippen LogP contribution in [0, 0.1) is 12.7 Å².